The van der Waals surface area contributed by atoms with Gasteiger partial charge >= 0.3 is 0 Å². The first-order valence-corrected chi connectivity index (χ1v) is 10.7. The van der Waals surface area contributed by atoms with Crippen LogP contribution in [0, 0.1) is 11.7 Å². The minimum atomic E-state index is -1.68. The Kier molecular flexibility index (Phi) is 6.40. The Morgan fingerprint density at radius 2 is 1.45 bits per heavy atom. The minimum Gasteiger partial charge on any atom is -0.497 e. The van der Waals surface area contributed by atoms with Gasteiger partial charge in [0.2, 0.25) is 0 Å². The molecule has 0 aromatic heterocycles. The molecule has 2 aromatic rings. The number of benzene rings is 2. The smallest absolute Gasteiger partial charge is 0.165 e. The minimum absolute atomic E-state index is 0.0151. The van der Waals surface area contributed by atoms with Gasteiger partial charge in [-0.25, -0.2) is 13.2 Å². The van der Waals surface area contributed by atoms with Gasteiger partial charge in [-0.1, -0.05) is 30.4 Å². The quantitative estimate of drug-likeness (QED) is 0.520. The zero-order chi connectivity index (χ0) is 22.0. The second-order valence-electron chi connectivity index (χ2n) is 8.26. The summed E-state index contributed by atoms with van der Waals surface area (Å²) in [5.74, 6) is 0.791. The van der Waals surface area contributed by atoms with Gasteiger partial charge < -0.3 is 9.47 Å². The Labute approximate surface area is 181 Å². The molecule has 0 N–H and O–H groups in total. The van der Waals surface area contributed by atoms with E-state index in [4.69, 9.17) is 9.47 Å². The molecule has 0 heterocycles. The Hall–Kier alpha value is -2.69. The summed E-state index contributed by atoms with van der Waals surface area (Å²) >= 11 is 0. The van der Waals surface area contributed by atoms with Gasteiger partial charge in [0.15, 0.2) is 23.9 Å². The third kappa shape index (κ3) is 4.36. The van der Waals surface area contributed by atoms with Crippen LogP contribution in [0.3, 0.4) is 0 Å². The van der Waals surface area contributed by atoms with Crippen LogP contribution in [0.15, 0.2) is 60.2 Å². The van der Waals surface area contributed by atoms with Crippen molar-refractivity contribution in [3.63, 3.8) is 0 Å². The molecule has 4 rings (SSSR count). The summed E-state index contributed by atoms with van der Waals surface area (Å²) in [7, 11) is 3.01. The predicted octanol–water partition coefficient (Wildman–Crippen LogP) is 6.82. The number of alkyl halides is 2. The summed E-state index contributed by atoms with van der Waals surface area (Å²) in [4.78, 5) is 0. The zero-order valence-electron chi connectivity index (χ0n) is 17.8. The summed E-state index contributed by atoms with van der Waals surface area (Å²) < 4.78 is 54.3. The molecule has 1 fully saturated rings. The van der Waals surface area contributed by atoms with E-state index in [2.05, 4.69) is 0 Å². The Morgan fingerprint density at radius 1 is 0.774 bits per heavy atom. The lowest BCUT2D eigenvalue weighted by Crippen LogP contribution is -2.29. The highest BCUT2D eigenvalue weighted by atomic mass is 19.2. The van der Waals surface area contributed by atoms with Crippen molar-refractivity contribution in [3.8, 4) is 11.5 Å². The fourth-order valence-corrected chi connectivity index (χ4v) is 4.79. The molecule has 0 spiro atoms. The van der Waals surface area contributed by atoms with Crippen molar-refractivity contribution in [1.29, 1.82) is 0 Å². The first-order valence-electron chi connectivity index (χ1n) is 10.7. The second kappa shape index (κ2) is 9.21. The molecule has 164 valence electrons. The normalized spacial score (nSPS) is 26.1. The topological polar surface area (TPSA) is 18.5 Å². The number of methoxy groups -OCH3 is 2. The van der Waals surface area contributed by atoms with E-state index in [1.807, 2.05) is 6.07 Å². The van der Waals surface area contributed by atoms with Crippen molar-refractivity contribution in [3.05, 3.63) is 77.1 Å². The van der Waals surface area contributed by atoms with Crippen LogP contribution < -0.4 is 9.47 Å². The van der Waals surface area contributed by atoms with Gasteiger partial charge in [0.25, 0.3) is 0 Å². The molecule has 2 nitrogen and oxygen atoms in total. The molecule has 0 saturated heterocycles. The van der Waals surface area contributed by atoms with E-state index in [1.165, 1.54) is 13.2 Å². The van der Waals surface area contributed by atoms with E-state index in [0.717, 1.165) is 31.2 Å². The van der Waals surface area contributed by atoms with Gasteiger partial charge in [-0.3, -0.25) is 0 Å². The second-order valence-corrected chi connectivity index (χ2v) is 8.26. The van der Waals surface area contributed by atoms with Crippen molar-refractivity contribution < 1.29 is 22.6 Å². The van der Waals surface area contributed by atoms with E-state index in [-0.39, 0.29) is 23.4 Å². The molecule has 0 aliphatic heterocycles. The van der Waals surface area contributed by atoms with Gasteiger partial charge in [0.1, 0.15) is 5.75 Å². The maximum absolute atomic E-state index is 15.1. The third-order valence-corrected chi connectivity index (χ3v) is 6.60. The Morgan fingerprint density at radius 3 is 2.06 bits per heavy atom. The van der Waals surface area contributed by atoms with Crippen LogP contribution in [-0.4, -0.2) is 26.6 Å². The van der Waals surface area contributed by atoms with E-state index in [9.17, 15) is 4.39 Å². The summed E-state index contributed by atoms with van der Waals surface area (Å²) in [5.41, 5.74) is 2.51. The standard InChI is InChI=1S/C26H27F3O2/c1-30-20-10-7-18(8-11-20)22-13-12-21(25(28)26(22)29)17-5-3-16(4-6-17)19-9-14-24(31-2)23(27)15-19/h7-17,25-26H,3-6H2,1-2H3. The number of rotatable bonds is 5. The van der Waals surface area contributed by atoms with Crippen LogP contribution in [0.1, 0.15) is 42.7 Å². The average molecular weight is 428 g/mol. The molecule has 31 heavy (non-hydrogen) atoms. The van der Waals surface area contributed by atoms with Crippen molar-refractivity contribution >= 4 is 5.57 Å². The fourth-order valence-electron chi connectivity index (χ4n) is 4.79. The number of allylic oxidation sites excluding steroid dienone is 4. The fraction of sp³-hybridized carbons (Fsp3) is 0.385. The third-order valence-electron chi connectivity index (χ3n) is 6.60. The molecule has 2 unspecified atom stereocenters. The molecule has 0 amide bonds. The maximum Gasteiger partial charge on any atom is 0.165 e. The lowest BCUT2D eigenvalue weighted by molar-refractivity contribution is 0.214. The van der Waals surface area contributed by atoms with E-state index >= 15 is 8.78 Å². The van der Waals surface area contributed by atoms with E-state index in [0.29, 0.717) is 22.5 Å². The highest BCUT2D eigenvalue weighted by Crippen LogP contribution is 2.43. The monoisotopic (exact) mass is 428 g/mol. The summed E-state index contributed by atoms with van der Waals surface area (Å²) in [6.45, 7) is 0. The van der Waals surface area contributed by atoms with Crippen LogP contribution in [0.4, 0.5) is 13.2 Å². The van der Waals surface area contributed by atoms with Gasteiger partial charge in [0, 0.05) is 0 Å². The Bertz CT molecular complexity index is 973. The van der Waals surface area contributed by atoms with Crippen LogP contribution in [0.2, 0.25) is 0 Å². The molecule has 2 aromatic carbocycles. The molecule has 0 bridgehead atoms. The molecular weight excluding hydrogens is 401 g/mol. The van der Waals surface area contributed by atoms with Crippen molar-refractivity contribution in [2.45, 2.75) is 43.9 Å². The molecule has 0 radical (unpaired) electrons. The molecule has 2 aliphatic carbocycles. The maximum atomic E-state index is 15.1. The average Bonchev–Trinajstić information content (AvgIpc) is 2.81. The molecule has 2 atom stereocenters. The molecular formula is C26H27F3O2. The highest BCUT2D eigenvalue weighted by Gasteiger charge is 2.36. The van der Waals surface area contributed by atoms with Crippen molar-refractivity contribution in [2.24, 2.45) is 5.92 Å². The highest BCUT2D eigenvalue weighted by molar-refractivity contribution is 5.73. The van der Waals surface area contributed by atoms with Gasteiger partial charge in [0.05, 0.1) is 14.2 Å². The van der Waals surface area contributed by atoms with Gasteiger partial charge in [-0.15, -0.1) is 0 Å². The number of halogens is 3. The van der Waals surface area contributed by atoms with Gasteiger partial charge in [-0.2, -0.15) is 0 Å². The summed E-state index contributed by atoms with van der Waals surface area (Å²) in [5, 5.41) is 0. The molecule has 5 heteroatoms. The SMILES string of the molecule is COc1ccc(C2=CC=C(C3CCC(c4ccc(OC)c(F)c4)CC3)C(F)C2F)cc1. The number of ether oxygens (including phenoxy) is 2. The van der Waals surface area contributed by atoms with E-state index in [1.54, 1.807) is 49.6 Å². The lowest BCUT2D eigenvalue weighted by Gasteiger charge is -2.34. The number of hydrogen-bond acceptors (Lipinski definition) is 2. The molecule has 1 saturated carbocycles. The lowest BCUT2D eigenvalue weighted by atomic mass is 9.73. The first kappa shape index (κ1) is 21.5. The largest absolute Gasteiger partial charge is 0.497 e. The summed E-state index contributed by atoms with van der Waals surface area (Å²) in [6.07, 6.45) is 3.34. The molecule has 2 aliphatic rings. The van der Waals surface area contributed by atoms with Crippen LogP contribution in [0.25, 0.3) is 5.57 Å². The van der Waals surface area contributed by atoms with E-state index < -0.39 is 12.3 Å². The van der Waals surface area contributed by atoms with Crippen molar-refractivity contribution in [2.75, 3.05) is 14.2 Å². The zero-order valence-corrected chi connectivity index (χ0v) is 17.8. The van der Waals surface area contributed by atoms with Crippen molar-refractivity contribution in [1.82, 2.24) is 0 Å². The van der Waals surface area contributed by atoms with Crippen LogP contribution in [0.5, 0.6) is 11.5 Å². The van der Waals surface area contributed by atoms with Crippen LogP contribution in [-0.2, 0) is 0 Å². The predicted molar refractivity (Wildman–Crippen MR) is 116 cm³/mol. The number of hydrogen-bond donors (Lipinski definition) is 0. The van der Waals surface area contributed by atoms with Crippen LogP contribution >= 0.6 is 0 Å². The Balaban J connectivity index is 1.46. The van der Waals surface area contributed by atoms with Gasteiger partial charge in [-0.05, 0) is 84.1 Å². The first-order chi connectivity index (χ1) is 15.0. The summed E-state index contributed by atoms with van der Waals surface area (Å²) in [6, 6.07) is 12.1.